The minimum absolute atomic E-state index is 0.326. The van der Waals surface area contributed by atoms with E-state index in [-0.39, 0.29) is 5.97 Å². The number of hydrogen-bond acceptors (Lipinski definition) is 3. The van der Waals surface area contributed by atoms with Crippen molar-refractivity contribution in [2.75, 3.05) is 7.11 Å². The number of hydrogen-bond donors (Lipinski definition) is 0. The first-order chi connectivity index (χ1) is 7.24. The molecule has 15 heavy (non-hydrogen) atoms. The number of methoxy groups -OCH3 is 1. The zero-order valence-electron chi connectivity index (χ0n) is 8.65. The van der Waals surface area contributed by atoms with Crippen LogP contribution in [0.4, 0.5) is 0 Å². The Kier molecular flexibility index (Phi) is 2.37. The van der Waals surface area contributed by atoms with E-state index < -0.39 is 0 Å². The Morgan fingerprint density at radius 3 is 2.87 bits per heavy atom. The molecular formula is C12H11NO2. The summed E-state index contributed by atoms with van der Waals surface area (Å²) >= 11 is 0. The van der Waals surface area contributed by atoms with Crippen molar-refractivity contribution >= 4 is 16.9 Å². The van der Waals surface area contributed by atoms with E-state index in [0.717, 1.165) is 16.5 Å². The summed E-state index contributed by atoms with van der Waals surface area (Å²) in [6.45, 7) is 1.97. The fraction of sp³-hybridized carbons (Fsp3) is 0.167. The Morgan fingerprint density at radius 1 is 1.33 bits per heavy atom. The molecule has 0 radical (unpaired) electrons. The minimum atomic E-state index is -0.326. The highest BCUT2D eigenvalue weighted by Gasteiger charge is 2.10. The molecule has 0 bridgehead atoms. The van der Waals surface area contributed by atoms with Crippen LogP contribution < -0.4 is 0 Å². The van der Waals surface area contributed by atoms with E-state index in [1.54, 1.807) is 12.3 Å². The van der Waals surface area contributed by atoms with Crippen molar-refractivity contribution in [1.29, 1.82) is 0 Å². The fourth-order valence-electron chi connectivity index (χ4n) is 1.61. The lowest BCUT2D eigenvalue weighted by Crippen LogP contribution is -2.02. The molecule has 1 heterocycles. The number of nitrogens with zero attached hydrogens (tertiary/aromatic N) is 1. The van der Waals surface area contributed by atoms with Crippen molar-refractivity contribution in [2.45, 2.75) is 6.92 Å². The highest BCUT2D eigenvalue weighted by atomic mass is 16.5. The van der Waals surface area contributed by atoms with Crippen molar-refractivity contribution in [1.82, 2.24) is 4.98 Å². The molecular weight excluding hydrogens is 190 g/mol. The number of carbonyl (C=O) groups excluding carboxylic acids is 1. The Hall–Kier alpha value is -1.90. The molecule has 0 saturated carbocycles. The van der Waals surface area contributed by atoms with E-state index in [1.807, 2.05) is 25.1 Å². The van der Waals surface area contributed by atoms with Crippen LogP contribution in [0.5, 0.6) is 0 Å². The van der Waals surface area contributed by atoms with E-state index >= 15 is 0 Å². The number of ether oxygens (including phenoxy) is 1. The topological polar surface area (TPSA) is 39.2 Å². The van der Waals surface area contributed by atoms with Crippen LogP contribution >= 0.6 is 0 Å². The number of aryl methyl sites for hydroxylation is 1. The van der Waals surface area contributed by atoms with Crippen LogP contribution in [0.25, 0.3) is 10.9 Å². The van der Waals surface area contributed by atoms with Crippen LogP contribution in [0.3, 0.4) is 0 Å². The van der Waals surface area contributed by atoms with Crippen LogP contribution in [-0.4, -0.2) is 18.1 Å². The SMILES string of the molecule is COC(=O)c1ccnc2c(C)cccc12. The average Bonchev–Trinajstić information content (AvgIpc) is 2.28. The van der Waals surface area contributed by atoms with Gasteiger partial charge < -0.3 is 4.74 Å². The standard InChI is InChI=1S/C12H11NO2/c1-8-4-3-5-9-10(12(14)15-2)6-7-13-11(8)9/h3-7H,1-2H3. The molecule has 2 aromatic rings. The number of benzene rings is 1. The maximum Gasteiger partial charge on any atom is 0.338 e. The first kappa shape index (κ1) is 9.65. The lowest BCUT2D eigenvalue weighted by atomic mass is 10.1. The lowest BCUT2D eigenvalue weighted by molar-refractivity contribution is 0.0603. The average molecular weight is 201 g/mol. The van der Waals surface area contributed by atoms with Crippen molar-refractivity contribution in [3.8, 4) is 0 Å². The highest BCUT2D eigenvalue weighted by Crippen LogP contribution is 2.19. The summed E-state index contributed by atoms with van der Waals surface area (Å²) in [6.07, 6.45) is 1.63. The maximum absolute atomic E-state index is 11.5. The van der Waals surface area contributed by atoms with Gasteiger partial charge in [-0.25, -0.2) is 4.79 Å². The van der Waals surface area contributed by atoms with Gasteiger partial charge >= 0.3 is 5.97 Å². The zero-order chi connectivity index (χ0) is 10.8. The van der Waals surface area contributed by atoms with Gasteiger partial charge in [0.25, 0.3) is 0 Å². The van der Waals surface area contributed by atoms with E-state index in [1.165, 1.54) is 7.11 Å². The van der Waals surface area contributed by atoms with E-state index in [0.29, 0.717) is 5.56 Å². The Bertz CT molecular complexity index is 520. The second-order valence-electron chi connectivity index (χ2n) is 3.32. The molecule has 0 atom stereocenters. The number of carbonyl (C=O) groups is 1. The Labute approximate surface area is 87.7 Å². The van der Waals surface area contributed by atoms with Gasteiger partial charge in [-0.15, -0.1) is 0 Å². The summed E-state index contributed by atoms with van der Waals surface area (Å²) in [4.78, 5) is 15.7. The Balaban J connectivity index is 2.77. The first-order valence-corrected chi connectivity index (χ1v) is 4.66. The molecule has 0 aliphatic rings. The molecule has 3 heteroatoms. The molecule has 0 aliphatic heterocycles. The summed E-state index contributed by atoms with van der Waals surface area (Å²) in [7, 11) is 1.38. The molecule has 0 amide bonds. The van der Waals surface area contributed by atoms with Gasteiger partial charge in [-0.2, -0.15) is 0 Å². The summed E-state index contributed by atoms with van der Waals surface area (Å²) in [5, 5.41) is 0.837. The minimum Gasteiger partial charge on any atom is -0.465 e. The predicted molar refractivity (Wildman–Crippen MR) is 57.8 cm³/mol. The van der Waals surface area contributed by atoms with Gasteiger partial charge in [-0.1, -0.05) is 18.2 Å². The van der Waals surface area contributed by atoms with E-state index in [9.17, 15) is 4.79 Å². The number of pyridine rings is 1. The molecule has 0 N–H and O–H groups in total. The van der Waals surface area contributed by atoms with Crippen LogP contribution in [0.15, 0.2) is 30.5 Å². The number of rotatable bonds is 1. The number of para-hydroxylation sites is 1. The maximum atomic E-state index is 11.5. The summed E-state index contributed by atoms with van der Waals surface area (Å²) in [6, 6.07) is 7.43. The first-order valence-electron chi connectivity index (χ1n) is 4.66. The third kappa shape index (κ3) is 1.56. The molecule has 76 valence electrons. The molecule has 0 unspecified atom stereocenters. The van der Waals surface area contributed by atoms with Crippen molar-refractivity contribution < 1.29 is 9.53 Å². The molecule has 0 fully saturated rings. The zero-order valence-corrected chi connectivity index (χ0v) is 8.65. The molecule has 2 rings (SSSR count). The third-order valence-electron chi connectivity index (χ3n) is 2.38. The predicted octanol–water partition coefficient (Wildman–Crippen LogP) is 2.33. The van der Waals surface area contributed by atoms with Gasteiger partial charge in [0.2, 0.25) is 0 Å². The number of aromatic nitrogens is 1. The lowest BCUT2D eigenvalue weighted by Gasteiger charge is -2.05. The highest BCUT2D eigenvalue weighted by molar-refractivity contribution is 6.03. The van der Waals surface area contributed by atoms with Crippen LogP contribution in [0.1, 0.15) is 15.9 Å². The smallest absolute Gasteiger partial charge is 0.338 e. The summed E-state index contributed by atoms with van der Waals surface area (Å²) in [5.41, 5.74) is 2.46. The molecule has 0 saturated heterocycles. The molecule has 0 aliphatic carbocycles. The van der Waals surface area contributed by atoms with Gasteiger partial charge in [0.05, 0.1) is 18.2 Å². The van der Waals surface area contributed by atoms with Crippen molar-refractivity contribution in [2.24, 2.45) is 0 Å². The van der Waals surface area contributed by atoms with Gasteiger partial charge in [0, 0.05) is 11.6 Å². The second-order valence-corrected chi connectivity index (χ2v) is 3.32. The van der Waals surface area contributed by atoms with Crippen LogP contribution in [0.2, 0.25) is 0 Å². The third-order valence-corrected chi connectivity index (χ3v) is 2.38. The summed E-state index contributed by atoms with van der Waals surface area (Å²) < 4.78 is 4.72. The van der Waals surface area contributed by atoms with Gasteiger partial charge in [0.1, 0.15) is 0 Å². The van der Waals surface area contributed by atoms with Crippen LogP contribution in [-0.2, 0) is 4.74 Å². The normalized spacial score (nSPS) is 10.3. The number of esters is 1. The second kappa shape index (κ2) is 3.69. The quantitative estimate of drug-likeness (QED) is 0.665. The molecule has 0 spiro atoms. The van der Waals surface area contributed by atoms with Crippen LogP contribution in [0, 0.1) is 6.92 Å². The van der Waals surface area contributed by atoms with E-state index in [2.05, 4.69) is 4.98 Å². The van der Waals surface area contributed by atoms with E-state index in [4.69, 9.17) is 4.74 Å². The van der Waals surface area contributed by atoms with Gasteiger partial charge in [-0.3, -0.25) is 4.98 Å². The fourth-order valence-corrected chi connectivity index (χ4v) is 1.61. The summed E-state index contributed by atoms with van der Waals surface area (Å²) in [5.74, 6) is -0.326. The van der Waals surface area contributed by atoms with Gasteiger partial charge in [-0.05, 0) is 18.6 Å². The monoisotopic (exact) mass is 201 g/mol. The Morgan fingerprint density at radius 2 is 2.13 bits per heavy atom. The molecule has 3 nitrogen and oxygen atoms in total. The number of fused-ring (bicyclic) bond motifs is 1. The molecule has 1 aromatic heterocycles. The van der Waals surface area contributed by atoms with Crippen molar-refractivity contribution in [3.05, 3.63) is 41.6 Å². The van der Waals surface area contributed by atoms with Crippen molar-refractivity contribution in [3.63, 3.8) is 0 Å². The van der Waals surface area contributed by atoms with Gasteiger partial charge in [0.15, 0.2) is 0 Å². The molecule has 1 aromatic carbocycles. The largest absolute Gasteiger partial charge is 0.465 e.